The molecular formula is C13H18O2. The number of carbonyl (C=O) groups excluding carboxylic acids is 2. The minimum absolute atomic E-state index is 0.0991. The van der Waals surface area contributed by atoms with Crippen LogP contribution in [-0.4, -0.2) is 11.6 Å². The van der Waals surface area contributed by atoms with Crippen molar-refractivity contribution < 1.29 is 9.59 Å². The molecule has 0 unspecified atom stereocenters. The Morgan fingerprint density at radius 1 is 1.47 bits per heavy atom. The Labute approximate surface area is 91.1 Å². The van der Waals surface area contributed by atoms with Gasteiger partial charge in [0.2, 0.25) is 0 Å². The zero-order chi connectivity index (χ0) is 11.1. The highest BCUT2D eigenvalue weighted by molar-refractivity contribution is 5.91. The van der Waals surface area contributed by atoms with Crippen molar-refractivity contribution in [1.82, 2.24) is 0 Å². The zero-order valence-electron chi connectivity index (χ0n) is 9.29. The van der Waals surface area contributed by atoms with Crippen LogP contribution in [0.5, 0.6) is 0 Å². The van der Waals surface area contributed by atoms with Crippen LogP contribution in [0.15, 0.2) is 23.8 Å². The first kappa shape index (κ1) is 11.9. The molecule has 0 heterocycles. The van der Waals surface area contributed by atoms with Gasteiger partial charge in [0.15, 0.2) is 11.6 Å². The fourth-order valence-corrected chi connectivity index (χ4v) is 1.76. The molecule has 1 rings (SSSR count). The summed E-state index contributed by atoms with van der Waals surface area (Å²) in [5, 5.41) is 0. The number of carbonyl (C=O) groups is 2. The molecule has 2 nitrogen and oxygen atoms in total. The van der Waals surface area contributed by atoms with Crippen molar-refractivity contribution in [3.8, 4) is 0 Å². The van der Waals surface area contributed by atoms with Crippen molar-refractivity contribution in [2.75, 3.05) is 0 Å². The van der Waals surface area contributed by atoms with Crippen LogP contribution in [0, 0.1) is 0 Å². The Morgan fingerprint density at radius 2 is 2.27 bits per heavy atom. The first-order valence-electron chi connectivity index (χ1n) is 5.58. The summed E-state index contributed by atoms with van der Waals surface area (Å²) < 4.78 is 0. The van der Waals surface area contributed by atoms with Gasteiger partial charge in [-0.3, -0.25) is 9.59 Å². The summed E-state index contributed by atoms with van der Waals surface area (Å²) in [6.07, 6.45) is 11.1. The molecule has 15 heavy (non-hydrogen) atoms. The molecule has 0 aromatic carbocycles. The monoisotopic (exact) mass is 206 g/mol. The predicted molar refractivity (Wildman–Crippen MR) is 60.6 cm³/mol. The van der Waals surface area contributed by atoms with Crippen LogP contribution in [0.2, 0.25) is 0 Å². The van der Waals surface area contributed by atoms with Crippen LogP contribution in [0.1, 0.15) is 45.4 Å². The Balaban J connectivity index is 2.20. The van der Waals surface area contributed by atoms with E-state index in [2.05, 4.69) is 0 Å². The Hall–Kier alpha value is -1.18. The molecule has 82 valence electrons. The van der Waals surface area contributed by atoms with Gasteiger partial charge in [-0.05, 0) is 51.2 Å². The molecule has 0 aromatic rings. The fraction of sp³-hybridized carbons (Fsp3) is 0.538. The van der Waals surface area contributed by atoms with Crippen molar-refractivity contribution in [2.24, 2.45) is 0 Å². The van der Waals surface area contributed by atoms with Crippen molar-refractivity contribution in [2.45, 2.75) is 45.4 Å². The third-order valence-corrected chi connectivity index (χ3v) is 2.51. The van der Waals surface area contributed by atoms with Gasteiger partial charge in [0, 0.05) is 6.42 Å². The molecule has 0 radical (unpaired) electrons. The van der Waals surface area contributed by atoms with Crippen molar-refractivity contribution in [3.05, 3.63) is 23.8 Å². The maximum Gasteiger partial charge on any atom is 0.155 e. The number of hydrogen-bond donors (Lipinski definition) is 0. The number of unbranched alkanes of at least 4 members (excludes halogenated alkanes) is 1. The van der Waals surface area contributed by atoms with Crippen molar-refractivity contribution in [3.63, 3.8) is 0 Å². The molecule has 0 bridgehead atoms. The van der Waals surface area contributed by atoms with E-state index in [0.29, 0.717) is 6.42 Å². The van der Waals surface area contributed by atoms with Gasteiger partial charge in [0.25, 0.3) is 0 Å². The standard InChI is InChI=1S/C13H18O2/c1-11(14)6-3-2-4-7-12-8-5-9-13(15)10-12/h3,6,10H,2,4-5,7-9H2,1H3/b6-3+. The van der Waals surface area contributed by atoms with E-state index in [-0.39, 0.29) is 11.6 Å². The SMILES string of the molecule is CC(=O)/C=C/CCCC1=CC(=O)CCC1. The molecule has 0 amide bonds. The van der Waals surface area contributed by atoms with Gasteiger partial charge in [-0.2, -0.15) is 0 Å². The van der Waals surface area contributed by atoms with Crippen molar-refractivity contribution in [1.29, 1.82) is 0 Å². The topological polar surface area (TPSA) is 34.1 Å². The summed E-state index contributed by atoms with van der Waals surface area (Å²) in [4.78, 5) is 21.7. The van der Waals surface area contributed by atoms with Crippen LogP contribution in [0.4, 0.5) is 0 Å². The summed E-state index contributed by atoms with van der Waals surface area (Å²) in [5.41, 5.74) is 1.28. The van der Waals surface area contributed by atoms with E-state index in [9.17, 15) is 9.59 Å². The normalized spacial score (nSPS) is 16.9. The largest absolute Gasteiger partial charge is 0.295 e. The fourth-order valence-electron chi connectivity index (χ4n) is 1.76. The predicted octanol–water partition coefficient (Wildman–Crippen LogP) is 2.98. The van der Waals surface area contributed by atoms with Gasteiger partial charge in [0.1, 0.15) is 0 Å². The van der Waals surface area contributed by atoms with Gasteiger partial charge >= 0.3 is 0 Å². The lowest BCUT2D eigenvalue weighted by Crippen LogP contribution is -2.02. The molecule has 0 saturated carbocycles. The van der Waals surface area contributed by atoms with E-state index in [0.717, 1.165) is 32.1 Å². The molecule has 0 N–H and O–H groups in total. The molecule has 0 spiro atoms. The molecule has 0 aromatic heterocycles. The minimum Gasteiger partial charge on any atom is -0.295 e. The van der Waals surface area contributed by atoms with E-state index in [1.807, 2.05) is 6.08 Å². The molecule has 0 aliphatic heterocycles. The highest BCUT2D eigenvalue weighted by Crippen LogP contribution is 2.20. The lowest BCUT2D eigenvalue weighted by Gasteiger charge is -2.10. The first-order chi connectivity index (χ1) is 7.18. The number of hydrogen-bond acceptors (Lipinski definition) is 2. The lowest BCUT2D eigenvalue weighted by atomic mass is 9.95. The molecule has 0 saturated heterocycles. The highest BCUT2D eigenvalue weighted by atomic mass is 16.1. The summed E-state index contributed by atoms with van der Waals surface area (Å²) in [5.74, 6) is 0.373. The van der Waals surface area contributed by atoms with Gasteiger partial charge in [-0.15, -0.1) is 0 Å². The van der Waals surface area contributed by atoms with Gasteiger partial charge < -0.3 is 0 Å². The van der Waals surface area contributed by atoms with E-state index < -0.39 is 0 Å². The number of ketones is 2. The van der Waals surface area contributed by atoms with Gasteiger partial charge in [0.05, 0.1) is 0 Å². The molecule has 1 aliphatic rings. The molecule has 1 aliphatic carbocycles. The Bertz CT molecular complexity index is 298. The second-order valence-corrected chi connectivity index (χ2v) is 4.03. The van der Waals surface area contributed by atoms with Gasteiger partial charge in [-0.1, -0.05) is 11.6 Å². The summed E-state index contributed by atoms with van der Waals surface area (Å²) in [7, 11) is 0. The highest BCUT2D eigenvalue weighted by Gasteiger charge is 2.08. The second-order valence-electron chi connectivity index (χ2n) is 4.03. The third kappa shape index (κ3) is 5.31. The van der Waals surface area contributed by atoms with Crippen LogP contribution >= 0.6 is 0 Å². The molecule has 2 heteroatoms. The smallest absolute Gasteiger partial charge is 0.155 e. The average molecular weight is 206 g/mol. The van der Waals surface area contributed by atoms with Crippen LogP contribution < -0.4 is 0 Å². The minimum atomic E-state index is 0.0991. The molecule has 0 atom stereocenters. The zero-order valence-corrected chi connectivity index (χ0v) is 9.29. The molecule has 0 fully saturated rings. The quantitative estimate of drug-likeness (QED) is 0.512. The average Bonchev–Trinajstić information content (AvgIpc) is 2.17. The first-order valence-corrected chi connectivity index (χ1v) is 5.58. The summed E-state index contributed by atoms with van der Waals surface area (Å²) >= 11 is 0. The molecular weight excluding hydrogens is 188 g/mol. The Morgan fingerprint density at radius 3 is 2.93 bits per heavy atom. The Kier molecular flexibility index (Phi) is 5.02. The van der Waals surface area contributed by atoms with Gasteiger partial charge in [-0.25, -0.2) is 0 Å². The van der Waals surface area contributed by atoms with E-state index in [1.165, 1.54) is 5.57 Å². The number of rotatable bonds is 5. The lowest BCUT2D eigenvalue weighted by molar-refractivity contribution is -0.115. The van der Waals surface area contributed by atoms with Crippen LogP contribution in [0.25, 0.3) is 0 Å². The maximum atomic E-state index is 11.1. The summed E-state index contributed by atoms with van der Waals surface area (Å²) in [6.45, 7) is 1.55. The van der Waals surface area contributed by atoms with E-state index in [4.69, 9.17) is 0 Å². The maximum absolute atomic E-state index is 11.1. The van der Waals surface area contributed by atoms with E-state index in [1.54, 1.807) is 19.1 Å². The van der Waals surface area contributed by atoms with Crippen LogP contribution in [0.3, 0.4) is 0 Å². The van der Waals surface area contributed by atoms with Crippen molar-refractivity contribution >= 4 is 11.6 Å². The number of allylic oxidation sites excluding steroid dienone is 4. The third-order valence-electron chi connectivity index (χ3n) is 2.51. The van der Waals surface area contributed by atoms with E-state index >= 15 is 0 Å². The second kappa shape index (κ2) is 6.33. The van der Waals surface area contributed by atoms with Crippen LogP contribution in [-0.2, 0) is 9.59 Å². The summed E-state index contributed by atoms with van der Waals surface area (Å²) in [6, 6.07) is 0.